The maximum Gasteiger partial charge on any atom is 0.146 e. The molecule has 0 unspecified atom stereocenters. The zero-order chi connectivity index (χ0) is 14.1. The third-order valence-electron chi connectivity index (χ3n) is 3.93. The Morgan fingerprint density at radius 3 is 2.39 bits per heavy atom. The Morgan fingerprint density at radius 1 is 1.39 bits per heavy atom. The lowest BCUT2D eigenvalue weighted by molar-refractivity contribution is -0.129. The average Bonchev–Trinajstić information content (AvgIpc) is 2.56. The molecule has 0 saturated heterocycles. The van der Waals surface area contributed by atoms with Crippen LogP contribution in [-0.2, 0) is 17.8 Å². The van der Waals surface area contributed by atoms with E-state index in [1.165, 1.54) is 0 Å². The zero-order valence-corrected chi connectivity index (χ0v) is 12.4. The maximum absolute atomic E-state index is 12.4. The molecule has 2 N–H and O–H groups in total. The van der Waals surface area contributed by atoms with Gasteiger partial charge >= 0.3 is 0 Å². The van der Waals surface area contributed by atoms with Crippen LogP contribution in [0.3, 0.4) is 0 Å². The highest BCUT2D eigenvalue weighted by Crippen LogP contribution is 2.30. The van der Waals surface area contributed by atoms with E-state index < -0.39 is 11.0 Å². The van der Waals surface area contributed by atoms with Crippen molar-refractivity contribution in [1.29, 1.82) is 0 Å². The standard InChI is InChI=1S/C14H25N3O/c1-7-17-11(8-10(2)16-17)9-12(18)13(3,4)14(5,6)15/h8H,7,9,15H2,1-6H3. The molecule has 0 saturated carbocycles. The summed E-state index contributed by atoms with van der Waals surface area (Å²) in [6, 6.07) is 1.97. The molecule has 1 aromatic rings. The predicted octanol–water partition coefficient (Wildman–Crippen LogP) is 2.09. The van der Waals surface area contributed by atoms with Gasteiger partial charge in [0.25, 0.3) is 0 Å². The van der Waals surface area contributed by atoms with E-state index in [4.69, 9.17) is 5.73 Å². The highest BCUT2D eigenvalue weighted by molar-refractivity contribution is 5.87. The molecule has 0 bridgehead atoms. The first kappa shape index (κ1) is 14.9. The van der Waals surface area contributed by atoms with E-state index in [1.807, 2.05) is 52.3 Å². The number of aromatic nitrogens is 2. The topological polar surface area (TPSA) is 60.9 Å². The third kappa shape index (κ3) is 2.80. The number of carbonyl (C=O) groups is 1. The van der Waals surface area contributed by atoms with Gasteiger partial charge in [-0.15, -0.1) is 0 Å². The number of carbonyl (C=O) groups excluding carboxylic acids is 1. The van der Waals surface area contributed by atoms with Crippen molar-refractivity contribution in [3.05, 3.63) is 17.5 Å². The Hall–Kier alpha value is -1.16. The molecule has 0 aliphatic rings. The second-order valence-electron chi connectivity index (χ2n) is 6.04. The number of hydrogen-bond acceptors (Lipinski definition) is 3. The number of nitrogens with zero attached hydrogens (tertiary/aromatic N) is 2. The molecule has 0 fully saturated rings. The molecule has 0 radical (unpaired) electrons. The average molecular weight is 251 g/mol. The van der Waals surface area contributed by atoms with Crippen LogP contribution in [0.15, 0.2) is 6.07 Å². The summed E-state index contributed by atoms with van der Waals surface area (Å²) in [4.78, 5) is 12.4. The summed E-state index contributed by atoms with van der Waals surface area (Å²) >= 11 is 0. The molecular formula is C14H25N3O. The van der Waals surface area contributed by atoms with Crippen LogP contribution < -0.4 is 5.73 Å². The monoisotopic (exact) mass is 251 g/mol. The molecule has 0 aliphatic heterocycles. The molecule has 1 rings (SSSR count). The van der Waals surface area contributed by atoms with Gasteiger partial charge in [-0.3, -0.25) is 9.48 Å². The Kier molecular flexibility index (Phi) is 4.01. The van der Waals surface area contributed by atoms with Crippen LogP contribution in [-0.4, -0.2) is 21.1 Å². The van der Waals surface area contributed by atoms with Crippen molar-refractivity contribution in [3.8, 4) is 0 Å². The van der Waals surface area contributed by atoms with Gasteiger partial charge in [0.1, 0.15) is 5.78 Å². The van der Waals surface area contributed by atoms with Gasteiger partial charge in [-0.2, -0.15) is 5.10 Å². The van der Waals surface area contributed by atoms with Gasteiger partial charge in [0.2, 0.25) is 0 Å². The normalized spacial score (nSPS) is 12.8. The largest absolute Gasteiger partial charge is 0.325 e. The van der Waals surface area contributed by atoms with Crippen molar-refractivity contribution in [2.75, 3.05) is 0 Å². The molecule has 4 heteroatoms. The van der Waals surface area contributed by atoms with Crippen molar-refractivity contribution in [3.63, 3.8) is 0 Å². The van der Waals surface area contributed by atoms with Gasteiger partial charge in [-0.25, -0.2) is 0 Å². The molecule has 4 nitrogen and oxygen atoms in total. The number of ketones is 1. The van der Waals surface area contributed by atoms with E-state index >= 15 is 0 Å². The van der Waals surface area contributed by atoms with Crippen LogP contribution in [0.25, 0.3) is 0 Å². The smallest absolute Gasteiger partial charge is 0.146 e. The van der Waals surface area contributed by atoms with E-state index in [2.05, 4.69) is 5.10 Å². The number of hydrogen-bond donors (Lipinski definition) is 1. The van der Waals surface area contributed by atoms with Crippen LogP contribution in [0.5, 0.6) is 0 Å². The van der Waals surface area contributed by atoms with Crippen LogP contribution in [0.4, 0.5) is 0 Å². The fraction of sp³-hybridized carbons (Fsp3) is 0.714. The third-order valence-corrected chi connectivity index (χ3v) is 3.93. The predicted molar refractivity (Wildman–Crippen MR) is 73.4 cm³/mol. The first-order chi connectivity index (χ1) is 8.09. The molecule has 1 aromatic heterocycles. The summed E-state index contributed by atoms with van der Waals surface area (Å²) in [5, 5.41) is 4.36. The minimum Gasteiger partial charge on any atom is -0.325 e. The lowest BCUT2D eigenvalue weighted by Gasteiger charge is -2.37. The second kappa shape index (κ2) is 4.84. The highest BCUT2D eigenvalue weighted by Gasteiger charge is 2.40. The van der Waals surface area contributed by atoms with Crippen LogP contribution in [0.2, 0.25) is 0 Å². The van der Waals surface area contributed by atoms with Crippen molar-refractivity contribution in [2.45, 2.75) is 60.0 Å². The summed E-state index contributed by atoms with van der Waals surface area (Å²) in [7, 11) is 0. The molecule has 0 aromatic carbocycles. The Morgan fingerprint density at radius 2 is 1.94 bits per heavy atom. The zero-order valence-electron chi connectivity index (χ0n) is 12.4. The Balaban J connectivity index is 2.94. The van der Waals surface area contributed by atoms with Crippen molar-refractivity contribution >= 4 is 5.78 Å². The first-order valence-corrected chi connectivity index (χ1v) is 6.45. The van der Waals surface area contributed by atoms with E-state index in [0.29, 0.717) is 6.42 Å². The molecule has 1 heterocycles. The first-order valence-electron chi connectivity index (χ1n) is 6.45. The lowest BCUT2D eigenvalue weighted by atomic mass is 9.71. The van der Waals surface area contributed by atoms with E-state index in [0.717, 1.165) is 17.9 Å². The molecular weight excluding hydrogens is 226 g/mol. The summed E-state index contributed by atoms with van der Waals surface area (Å²) in [6.45, 7) is 12.4. The summed E-state index contributed by atoms with van der Waals surface area (Å²) < 4.78 is 1.88. The molecule has 0 amide bonds. The summed E-state index contributed by atoms with van der Waals surface area (Å²) in [6.07, 6.45) is 0.391. The molecule has 0 spiro atoms. The number of Topliss-reactive ketones (excluding diaryl/α,β-unsaturated/α-hetero) is 1. The maximum atomic E-state index is 12.4. The van der Waals surface area contributed by atoms with E-state index in [9.17, 15) is 4.79 Å². The SMILES string of the molecule is CCn1nc(C)cc1CC(=O)C(C)(C)C(C)(C)N. The minimum absolute atomic E-state index is 0.157. The van der Waals surface area contributed by atoms with Gasteiger partial charge in [-0.1, -0.05) is 13.8 Å². The summed E-state index contributed by atoms with van der Waals surface area (Å²) in [5.74, 6) is 0.157. The molecule has 0 atom stereocenters. The molecule has 18 heavy (non-hydrogen) atoms. The highest BCUT2D eigenvalue weighted by atomic mass is 16.1. The van der Waals surface area contributed by atoms with Gasteiger partial charge in [0.05, 0.1) is 5.69 Å². The molecule has 102 valence electrons. The number of aryl methyl sites for hydroxylation is 2. The van der Waals surface area contributed by atoms with Crippen LogP contribution >= 0.6 is 0 Å². The fourth-order valence-electron chi connectivity index (χ4n) is 1.76. The number of nitrogens with two attached hydrogens (primary N) is 1. The second-order valence-corrected chi connectivity index (χ2v) is 6.04. The Labute approximate surface area is 110 Å². The van der Waals surface area contributed by atoms with Crippen LogP contribution in [0, 0.1) is 12.3 Å². The van der Waals surface area contributed by atoms with Crippen molar-refractivity contribution < 1.29 is 4.79 Å². The number of rotatable bonds is 5. The van der Waals surface area contributed by atoms with Crippen molar-refractivity contribution in [2.24, 2.45) is 11.1 Å². The van der Waals surface area contributed by atoms with Gasteiger partial charge in [0, 0.05) is 29.6 Å². The minimum atomic E-state index is -0.552. The van der Waals surface area contributed by atoms with Gasteiger partial charge in [0.15, 0.2) is 0 Å². The quantitative estimate of drug-likeness (QED) is 0.871. The van der Waals surface area contributed by atoms with E-state index in [1.54, 1.807) is 0 Å². The van der Waals surface area contributed by atoms with Crippen LogP contribution in [0.1, 0.15) is 46.0 Å². The summed E-state index contributed by atoms with van der Waals surface area (Å²) in [5.41, 5.74) is 6.94. The van der Waals surface area contributed by atoms with E-state index in [-0.39, 0.29) is 5.78 Å². The lowest BCUT2D eigenvalue weighted by Crippen LogP contribution is -2.52. The van der Waals surface area contributed by atoms with Gasteiger partial charge in [-0.05, 0) is 33.8 Å². The van der Waals surface area contributed by atoms with Gasteiger partial charge < -0.3 is 5.73 Å². The fourth-order valence-corrected chi connectivity index (χ4v) is 1.76. The Bertz CT molecular complexity index is 438. The van der Waals surface area contributed by atoms with Crippen molar-refractivity contribution in [1.82, 2.24) is 9.78 Å². The molecule has 0 aliphatic carbocycles.